The lowest BCUT2D eigenvalue weighted by Gasteiger charge is -2.35. The predicted octanol–water partition coefficient (Wildman–Crippen LogP) is 3.33. The van der Waals surface area contributed by atoms with Crippen molar-refractivity contribution in [3.05, 3.63) is 29.6 Å². The summed E-state index contributed by atoms with van der Waals surface area (Å²) in [5, 5.41) is 9.14. The van der Waals surface area contributed by atoms with Gasteiger partial charge in [-0.2, -0.15) is 0 Å². The minimum atomic E-state index is -0.271. The van der Waals surface area contributed by atoms with E-state index in [2.05, 4.69) is 11.8 Å². The molecule has 1 aromatic carbocycles. The molecule has 1 saturated carbocycles. The van der Waals surface area contributed by atoms with Gasteiger partial charge < -0.3 is 10.0 Å². The Balaban J connectivity index is 2.16. The highest BCUT2D eigenvalue weighted by atomic mass is 19.1. The van der Waals surface area contributed by atoms with E-state index in [4.69, 9.17) is 5.11 Å². The van der Waals surface area contributed by atoms with Crippen molar-refractivity contribution in [1.82, 2.24) is 0 Å². The molecule has 2 rings (SSSR count). The van der Waals surface area contributed by atoms with Gasteiger partial charge in [-0.1, -0.05) is 19.8 Å². The number of halogens is 1. The lowest BCUT2D eigenvalue weighted by atomic mass is 9.86. The molecule has 1 fully saturated rings. The van der Waals surface area contributed by atoms with E-state index in [1.165, 1.54) is 31.7 Å². The smallest absolute Gasteiger partial charge is 0.125 e. The van der Waals surface area contributed by atoms with E-state index < -0.39 is 0 Å². The van der Waals surface area contributed by atoms with Gasteiger partial charge in [0.2, 0.25) is 0 Å². The van der Waals surface area contributed by atoms with Crippen molar-refractivity contribution >= 4 is 5.69 Å². The van der Waals surface area contributed by atoms with E-state index in [-0.39, 0.29) is 12.4 Å². The van der Waals surface area contributed by atoms with E-state index in [1.807, 2.05) is 13.1 Å². The topological polar surface area (TPSA) is 23.5 Å². The third kappa shape index (κ3) is 3.02. The van der Waals surface area contributed by atoms with Crippen LogP contribution in [0.5, 0.6) is 0 Å². The first-order valence-corrected chi connectivity index (χ1v) is 6.73. The SMILES string of the molecule is CC1CCCC(N(C)c2cc(F)cc(CO)c2)C1. The molecule has 2 nitrogen and oxygen atoms in total. The van der Waals surface area contributed by atoms with Gasteiger partial charge in [0, 0.05) is 18.8 Å². The average molecular weight is 251 g/mol. The lowest BCUT2D eigenvalue weighted by molar-refractivity contribution is 0.281. The Morgan fingerprint density at radius 3 is 2.78 bits per heavy atom. The predicted molar refractivity (Wildman–Crippen MR) is 72.1 cm³/mol. The molecule has 1 aromatic rings. The minimum Gasteiger partial charge on any atom is -0.392 e. The Labute approximate surface area is 108 Å². The maximum atomic E-state index is 13.5. The number of nitrogens with zero attached hydrogens (tertiary/aromatic N) is 1. The summed E-state index contributed by atoms with van der Waals surface area (Å²) < 4.78 is 13.5. The third-order valence-electron chi connectivity index (χ3n) is 3.99. The first kappa shape index (κ1) is 13.3. The van der Waals surface area contributed by atoms with Gasteiger partial charge in [0.05, 0.1) is 6.61 Å². The fourth-order valence-corrected chi connectivity index (χ4v) is 2.89. The van der Waals surface area contributed by atoms with Crippen molar-refractivity contribution in [2.24, 2.45) is 5.92 Å². The van der Waals surface area contributed by atoms with Crippen molar-refractivity contribution in [1.29, 1.82) is 0 Å². The van der Waals surface area contributed by atoms with Crippen LogP contribution in [0.3, 0.4) is 0 Å². The Bertz CT molecular complexity index is 407. The van der Waals surface area contributed by atoms with Crippen molar-refractivity contribution in [3.8, 4) is 0 Å². The highest BCUT2D eigenvalue weighted by Crippen LogP contribution is 2.30. The fourth-order valence-electron chi connectivity index (χ4n) is 2.89. The Morgan fingerprint density at radius 2 is 2.11 bits per heavy atom. The highest BCUT2D eigenvalue weighted by Gasteiger charge is 2.23. The lowest BCUT2D eigenvalue weighted by Crippen LogP contribution is -2.35. The molecule has 3 heteroatoms. The van der Waals surface area contributed by atoms with Crippen LogP contribution in [0, 0.1) is 11.7 Å². The number of aliphatic hydroxyl groups is 1. The maximum absolute atomic E-state index is 13.5. The van der Waals surface area contributed by atoms with E-state index in [0.29, 0.717) is 11.6 Å². The maximum Gasteiger partial charge on any atom is 0.125 e. The summed E-state index contributed by atoms with van der Waals surface area (Å²) in [7, 11) is 2.03. The van der Waals surface area contributed by atoms with Crippen molar-refractivity contribution < 1.29 is 9.50 Å². The van der Waals surface area contributed by atoms with E-state index in [0.717, 1.165) is 11.6 Å². The second kappa shape index (κ2) is 5.70. The van der Waals surface area contributed by atoms with Gasteiger partial charge in [-0.05, 0) is 42.5 Å². The zero-order valence-electron chi connectivity index (χ0n) is 11.2. The number of hydrogen-bond acceptors (Lipinski definition) is 2. The molecule has 0 aromatic heterocycles. The normalized spacial score (nSPS) is 24.0. The quantitative estimate of drug-likeness (QED) is 0.890. The molecule has 2 atom stereocenters. The van der Waals surface area contributed by atoms with Crippen molar-refractivity contribution in [2.75, 3.05) is 11.9 Å². The van der Waals surface area contributed by atoms with E-state index in [9.17, 15) is 4.39 Å². The van der Waals surface area contributed by atoms with Gasteiger partial charge >= 0.3 is 0 Å². The van der Waals surface area contributed by atoms with E-state index in [1.54, 1.807) is 6.07 Å². The number of aliphatic hydroxyl groups excluding tert-OH is 1. The molecule has 0 aliphatic heterocycles. The summed E-state index contributed by atoms with van der Waals surface area (Å²) in [6.45, 7) is 2.17. The Hall–Kier alpha value is -1.09. The summed E-state index contributed by atoms with van der Waals surface area (Å²) in [5.74, 6) is 0.476. The molecular formula is C15H22FNO. The molecule has 1 aliphatic rings. The van der Waals surface area contributed by atoms with Crippen LogP contribution in [0.4, 0.5) is 10.1 Å². The molecule has 2 unspecified atom stereocenters. The van der Waals surface area contributed by atoms with Crippen LogP contribution < -0.4 is 4.90 Å². The summed E-state index contributed by atoms with van der Waals surface area (Å²) in [5.41, 5.74) is 1.51. The zero-order valence-corrected chi connectivity index (χ0v) is 11.2. The monoisotopic (exact) mass is 251 g/mol. The van der Waals surface area contributed by atoms with Gasteiger partial charge in [-0.15, -0.1) is 0 Å². The van der Waals surface area contributed by atoms with Crippen LogP contribution in [0.25, 0.3) is 0 Å². The molecule has 0 bridgehead atoms. The zero-order chi connectivity index (χ0) is 13.1. The Kier molecular flexibility index (Phi) is 4.23. The average Bonchev–Trinajstić information content (AvgIpc) is 2.37. The number of anilines is 1. The number of rotatable bonds is 3. The molecule has 100 valence electrons. The molecule has 1 aliphatic carbocycles. The summed E-state index contributed by atoms with van der Waals surface area (Å²) >= 11 is 0. The minimum absolute atomic E-state index is 0.111. The second-order valence-corrected chi connectivity index (χ2v) is 5.51. The van der Waals surface area contributed by atoms with Crippen LogP contribution in [0.1, 0.15) is 38.2 Å². The molecule has 1 N–H and O–H groups in total. The summed E-state index contributed by atoms with van der Waals surface area (Å²) in [6.07, 6.45) is 4.89. The standard InChI is InChI=1S/C15H22FNO/c1-11-4-3-5-14(6-11)17(2)15-8-12(10-18)7-13(16)9-15/h7-9,11,14,18H,3-6,10H2,1-2H3. The molecular weight excluding hydrogens is 229 g/mol. The van der Waals surface area contributed by atoms with Crippen LogP contribution in [-0.2, 0) is 6.61 Å². The van der Waals surface area contributed by atoms with Crippen LogP contribution in [0.15, 0.2) is 18.2 Å². The van der Waals surface area contributed by atoms with E-state index >= 15 is 0 Å². The van der Waals surface area contributed by atoms with Crippen molar-refractivity contribution in [2.45, 2.75) is 45.3 Å². The fraction of sp³-hybridized carbons (Fsp3) is 0.600. The summed E-state index contributed by atoms with van der Waals surface area (Å²) in [6, 6.07) is 5.31. The van der Waals surface area contributed by atoms with Crippen molar-refractivity contribution in [3.63, 3.8) is 0 Å². The Morgan fingerprint density at radius 1 is 1.33 bits per heavy atom. The van der Waals surface area contributed by atoms with Crippen LogP contribution in [-0.4, -0.2) is 18.2 Å². The van der Waals surface area contributed by atoms with Crippen LogP contribution >= 0.6 is 0 Å². The van der Waals surface area contributed by atoms with Gasteiger partial charge in [0.15, 0.2) is 0 Å². The first-order valence-electron chi connectivity index (χ1n) is 6.73. The number of hydrogen-bond donors (Lipinski definition) is 1. The highest BCUT2D eigenvalue weighted by molar-refractivity contribution is 5.49. The molecule has 18 heavy (non-hydrogen) atoms. The largest absolute Gasteiger partial charge is 0.392 e. The third-order valence-corrected chi connectivity index (χ3v) is 3.99. The summed E-state index contributed by atoms with van der Waals surface area (Å²) in [4.78, 5) is 2.16. The molecule has 0 heterocycles. The van der Waals surface area contributed by atoms with Crippen LogP contribution in [0.2, 0.25) is 0 Å². The number of benzene rings is 1. The molecule has 0 saturated heterocycles. The van der Waals surface area contributed by atoms with Gasteiger partial charge in [0.25, 0.3) is 0 Å². The second-order valence-electron chi connectivity index (χ2n) is 5.51. The van der Waals surface area contributed by atoms with Gasteiger partial charge in [0.1, 0.15) is 5.82 Å². The molecule has 0 radical (unpaired) electrons. The first-order chi connectivity index (χ1) is 8.60. The molecule has 0 spiro atoms. The molecule has 0 amide bonds. The van der Waals surface area contributed by atoms with Gasteiger partial charge in [-0.3, -0.25) is 0 Å². The van der Waals surface area contributed by atoms with Gasteiger partial charge in [-0.25, -0.2) is 4.39 Å².